The van der Waals surface area contributed by atoms with E-state index in [2.05, 4.69) is 50.1 Å². The lowest BCUT2D eigenvalue weighted by Gasteiger charge is -2.12. The van der Waals surface area contributed by atoms with Gasteiger partial charge in [-0.05, 0) is 35.6 Å². The molecule has 2 N–H and O–H groups in total. The summed E-state index contributed by atoms with van der Waals surface area (Å²) in [5.74, 6) is 0.524. The van der Waals surface area contributed by atoms with Gasteiger partial charge < -0.3 is 10.6 Å². The van der Waals surface area contributed by atoms with Gasteiger partial charge in [-0.25, -0.2) is 0 Å². The first kappa shape index (κ1) is 12.2. The summed E-state index contributed by atoms with van der Waals surface area (Å²) in [6.07, 6.45) is 3.40. The molecule has 0 aliphatic carbocycles. The number of fused-ring (bicyclic) bond motifs is 1. The standard InChI is InChI=1S/C15H22N2/c1-11(2)14(10-16)9-12-4-5-15-13(8-12)6-7-17(15)3/h4-5,8-9,11H,6-7,10,16H2,1-3H3. The average Bonchev–Trinajstić information content (AvgIpc) is 2.67. The van der Waals surface area contributed by atoms with Crippen LogP contribution in [0, 0.1) is 5.92 Å². The van der Waals surface area contributed by atoms with Crippen LogP contribution in [0.4, 0.5) is 5.69 Å². The van der Waals surface area contributed by atoms with E-state index in [1.165, 1.54) is 22.4 Å². The van der Waals surface area contributed by atoms with Crippen molar-refractivity contribution in [1.29, 1.82) is 0 Å². The lowest BCUT2D eigenvalue weighted by molar-refractivity contribution is 0.752. The quantitative estimate of drug-likeness (QED) is 0.865. The van der Waals surface area contributed by atoms with Gasteiger partial charge in [-0.15, -0.1) is 0 Å². The number of hydrogen-bond acceptors (Lipinski definition) is 2. The van der Waals surface area contributed by atoms with Gasteiger partial charge in [-0.1, -0.05) is 31.6 Å². The molecule has 92 valence electrons. The van der Waals surface area contributed by atoms with Gasteiger partial charge in [0.15, 0.2) is 0 Å². The van der Waals surface area contributed by atoms with Crippen LogP contribution in [-0.4, -0.2) is 20.1 Å². The van der Waals surface area contributed by atoms with Crippen molar-refractivity contribution in [2.24, 2.45) is 11.7 Å². The number of hydrogen-bond donors (Lipinski definition) is 1. The SMILES string of the molecule is CC(C)C(=Cc1ccc2c(c1)CCN2C)CN. The normalized spacial score (nSPS) is 15.6. The van der Waals surface area contributed by atoms with E-state index in [1.807, 2.05) is 0 Å². The van der Waals surface area contributed by atoms with E-state index in [1.54, 1.807) is 0 Å². The maximum Gasteiger partial charge on any atom is 0.0397 e. The summed E-state index contributed by atoms with van der Waals surface area (Å²) in [6.45, 7) is 6.17. The Labute approximate surface area is 104 Å². The predicted molar refractivity (Wildman–Crippen MR) is 75.3 cm³/mol. The fraction of sp³-hybridized carbons (Fsp3) is 0.467. The molecule has 0 aromatic heterocycles. The zero-order valence-corrected chi connectivity index (χ0v) is 11.0. The largest absolute Gasteiger partial charge is 0.374 e. The van der Waals surface area contributed by atoms with Crippen molar-refractivity contribution >= 4 is 11.8 Å². The Morgan fingerprint density at radius 2 is 2.24 bits per heavy atom. The van der Waals surface area contributed by atoms with Gasteiger partial charge in [0.25, 0.3) is 0 Å². The van der Waals surface area contributed by atoms with Gasteiger partial charge in [-0.2, -0.15) is 0 Å². The van der Waals surface area contributed by atoms with Crippen LogP contribution in [0.5, 0.6) is 0 Å². The van der Waals surface area contributed by atoms with Crippen LogP contribution in [-0.2, 0) is 6.42 Å². The van der Waals surface area contributed by atoms with Crippen LogP contribution in [0.3, 0.4) is 0 Å². The fourth-order valence-electron chi connectivity index (χ4n) is 2.35. The zero-order valence-electron chi connectivity index (χ0n) is 11.0. The molecule has 0 spiro atoms. The molecule has 1 aliphatic rings. The minimum atomic E-state index is 0.524. The first-order valence-electron chi connectivity index (χ1n) is 6.36. The molecular formula is C15H22N2. The van der Waals surface area contributed by atoms with E-state index >= 15 is 0 Å². The van der Waals surface area contributed by atoms with Gasteiger partial charge in [0.05, 0.1) is 0 Å². The lowest BCUT2D eigenvalue weighted by Crippen LogP contribution is -2.12. The minimum Gasteiger partial charge on any atom is -0.374 e. The highest BCUT2D eigenvalue weighted by Gasteiger charge is 2.15. The van der Waals surface area contributed by atoms with Gasteiger partial charge >= 0.3 is 0 Å². The molecular weight excluding hydrogens is 208 g/mol. The molecule has 2 heteroatoms. The van der Waals surface area contributed by atoms with Crippen LogP contribution in [0.15, 0.2) is 23.8 Å². The van der Waals surface area contributed by atoms with Crippen molar-refractivity contribution in [1.82, 2.24) is 0 Å². The second-order valence-electron chi connectivity index (χ2n) is 5.14. The molecule has 1 aromatic rings. The molecule has 0 atom stereocenters. The topological polar surface area (TPSA) is 29.3 Å². The van der Waals surface area contributed by atoms with E-state index in [-0.39, 0.29) is 0 Å². The first-order chi connectivity index (χ1) is 8.11. The Morgan fingerprint density at radius 3 is 2.88 bits per heavy atom. The average molecular weight is 230 g/mol. The highest BCUT2D eigenvalue weighted by molar-refractivity contribution is 5.64. The first-order valence-corrected chi connectivity index (χ1v) is 6.36. The Morgan fingerprint density at radius 1 is 1.47 bits per heavy atom. The van der Waals surface area contributed by atoms with Crippen molar-refractivity contribution in [3.63, 3.8) is 0 Å². The molecule has 0 amide bonds. The monoisotopic (exact) mass is 230 g/mol. The Balaban J connectivity index is 2.30. The summed E-state index contributed by atoms with van der Waals surface area (Å²) in [5.41, 5.74) is 11.2. The molecule has 17 heavy (non-hydrogen) atoms. The molecule has 0 unspecified atom stereocenters. The molecule has 0 bridgehead atoms. The molecule has 0 radical (unpaired) electrons. The van der Waals surface area contributed by atoms with Gasteiger partial charge in [-0.3, -0.25) is 0 Å². The predicted octanol–water partition coefficient (Wildman–Crippen LogP) is 2.68. The second kappa shape index (κ2) is 4.92. The summed E-state index contributed by atoms with van der Waals surface area (Å²) in [5, 5.41) is 0. The van der Waals surface area contributed by atoms with E-state index < -0.39 is 0 Å². The van der Waals surface area contributed by atoms with Crippen molar-refractivity contribution < 1.29 is 0 Å². The van der Waals surface area contributed by atoms with Crippen LogP contribution < -0.4 is 10.6 Å². The Hall–Kier alpha value is -1.28. The van der Waals surface area contributed by atoms with Crippen molar-refractivity contribution in [3.8, 4) is 0 Å². The highest BCUT2D eigenvalue weighted by Crippen LogP contribution is 2.28. The Bertz CT molecular complexity index is 433. The van der Waals surface area contributed by atoms with E-state index in [4.69, 9.17) is 5.73 Å². The van der Waals surface area contributed by atoms with Crippen LogP contribution in [0.25, 0.3) is 6.08 Å². The van der Waals surface area contributed by atoms with Crippen LogP contribution >= 0.6 is 0 Å². The molecule has 2 rings (SSSR count). The van der Waals surface area contributed by atoms with Gasteiger partial charge in [0, 0.05) is 25.8 Å². The highest BCUT2D eigenvalue weighted by atomic mass is 15.1. The number of anilines is 1. The van der Waals surface area contributed by atoms with E-state index in [0.717, 1.165) is 13.0 Å². The third-order valence-corrected chi connectivity index (χ3v) is 3.56. The summed E-state index contributed by atoms with van der Waals surface area (Å²) in [4.78, 5) is 2.31. The molecule has 1 aromatic carbocycles. The van der Waals surface area contributed by atoms with Gasteiger partial charge in [0.1, 0.15) is 0 Å². The van der Waals surface area contributed by atoms with E-state index in [0.29, 0.717) is 12.5 Å². The zero-order chi connectivity index (χ0) is 12.4. The summed E-state index contributed by atoms with van der Waals surface area (Å²) >= 11 is 0. The van der Waals surface area contributed by atoms with E-state index in [9.17, 15) is 0 Å². The maximum atomic E-state index is 5.78. The fourth-order valence-corrected chi connectivity index (χ4v) is 2.35. The van der Waals surface area contributed by atoms with Gasteiger partial charge in [0.2, 0.25) is 0 Å². The molecule has 0 saturated heterocycles. The number of likely N-dealkylation sites (N-methyl/N-ethyl adjacent to an activating group) is 1. The molecule has 1 heterocycles. The minimum absolute atomic E-state index is 0.524. The number of benzene rings is 1. The summed E-state index contributed by atoms with van der Waals surface area (Å²) < 4.78 is 0. The number of rotatable bonds is 3. The molecule has 0 fully saturated rings. The van der Waals surface area contributed by atoms with Crippen molar-refractivity contribution in [2.45, 2.75) is 20.3 Å². The third kappa shape index (κ3) is 2.52. The molecule has 0 saturated carbocycles. The van der Waals surface area contributed by atoms with Crippen molar-refractivity contribution in [2.75, 3.05) is 25.0 Å². The Kier molecular flexibility index (Phi) is 3.53. The summed E-state index contributed by atoms with van der Waals surface area (Å²) in [6, 6.07) is 6.72. The second-order valence-corrected chi connectivity index (χ2v) is 5.14. The van der Waals surface area contributed by atoms with Crippen LogP contribution in [0.2, 0.25) is 0 Å². The van der Waals surface area contributed by atoms with Crippen molar-refractivity contribution in [3.05, 3.63) is 34.9 Å². The third-order valence-electron chi connectivity index (χ3n) is 3.56. The van der Waals surface area contributed by atoms with Crippen LogP contribution in [0.1, 0.15) is 25.0 Å². The number of nitrogens with zero attached hydrogens (tertiary/aromatic N) is 1. The molecule has 2 nitrogen and oxygen atoms in total. The smallest absolute Gasteiger partial charge is 0.0397 e. The molecule has 1 aliphatic heterocycles. The number of nitrogens with two attached hydrogens (primary N) is 1. The maximum absolute atomic E-state index is 5.78. The lowest BCUT2D eigenvalue weighted by atomic mass is 9.99. The summed E-state index contributed by atoms with van der Waals surface area (Å²) in [7, 11) is 2.15.